The first kappa shape index (κ1) is 13.7. The largest absolute Gasteiger partial charge is 0.444 e. The zero-order valence-electron chi connectivity index (χ0n) is 11.5. The molecule has 0 amide bonds. The van der Waals surface area contributed by atoms with E-state index in [4.69, 9.17) is 4.42 Å². The Morgan fingerprint density at radius 1 is 1.37 bits per heavy atom. The first-order valence-electron chi connectivity index (χ1n) is 6.52. The summed E-state index contributed by atoms with van der Waals surface area (Å²) in [5.41, 5.74) is 1.86. The summed E-state index contributed by atoms with van der Waals surface area (Å²) in [6.07, 6.45) is 0.877. The average molecular weight is 262 g/mol. The van der Waals surface area contributed by atoms with Crippen molar-refractivity contribution in [2.45, 2.75) is 39.8 Å². The van der Waals surface area contributed by atoms with E-state index in [9.17, 15) is 4.39 Å². The van der Waals surface area contributed by atoms with Crippen LogP contribution in [0.2, 0.25) is 0 Å². The summed E-state index contributed by atoms with van der Waals surface area (Å²) in [7, 11) is 0. The number of oxazole rings is 1. The normalized spacial score (nSPS) is 12.6. The van der Waals surface area contributed by atoms with Gasteiger partial charge in [0, 0.05) is 6.04 Å². The molecule has 19 heavy (non-hydrogen) atoms. The fraction of sp³-hybridized carbons (Fsp3) is 0.400. The Balaban J connectivity index is 2.03. The minimum atomic E-state index is -0.208. The van der Waals surface area contributed by atoms with Gasteiger partial charge >= 0.3 is 0 Å². The third-order valence-corrected chi connectivity index (χ3v) is 3.23. The van der Waals surface area contributed by atoms with Gasteiger partial charge in [-0.3, -0.25) is 0 Å². The van der Waals surface area contributed by atoms with Crippen LogP contribution in [0.1, 0.15) is 42.3 Å². The lowest BCUT2D eigenvalue weighted by Gasteiger charge is -2.16. The van der Waals surface area contributed by atoms with Crippen molar-refractivity contribution in [3.05, 3.63) is 53.0 Å². The molecule has 102 valence electrons. The van der Waals surface area contributed by atoms with Gasteiger partial charge in [-0.1, -0.05) is 19.1 Å². The van der Waals surface area contributed by atoms with E-state index < -0.39 is 0 Å². The Morgan fingerprint density at radius 3 is 2.74 bits per heavy atom. The van der Waals surface area contributed by atoms with E-state index in [2.05, 4.69) is 17.2 Å². The molecule has 1 heterocycles. The molecule has 3 nitrogen and oxygen atoms in total. The van der Waals surface area contributed by atoms with Crippen LogP contribution < -0.4 is 5.32 Å². The lowest BCUT2D eigenvalue weighted by atomic mass is 10.0. The number of halogens is 1. The molecule has 0 saturated heterocycles. The van der Waals surface area contributed by atoms with Gasteiger partial charge in [0.25, 0.3) is 0 Å². The Morgan fingerprint density at radius 2 is 2.16 bits per heavy atom. The molecule has 0 aliphatic heterocycles. The predicted octanol–water partition coefficient (Wildman–Crippen LogP) is 3.67. The van der Waals surface area contributed by atoms with Crippen LogP contribution in [-0.2, 0) is 6.54 Å². The zero-order valence-corrected chi connectivity index (χ0v) is 11.5. The zero-order chi connectivity index (χ0) is 13.8. The highest BCUT2D eigenvalue weighted by Crippen LogP contribution is 2.18. The summed E-state index contributed by atoms with van der Waals surface area (Å²) in [5.74, 6) is 1.31. The number of aryl methyl sites for hydroxylation is 2. The molecule has 0 spiro atoms. The van der Waals surface area contributed by atoms with Gasteiger partial charge in [0.15, 0.2) is 0 Å². The summed E-state index contributed by atoms with van der Waals surface area (Å²) in [6.45, 7) is 6.43. The maximum Gasteiger partial charge on any atom is 0.208 e. The van der Waals surface area contributed by atoms with Gasteiger partial charge in [-0.05, 0) is 38.0 Å². The molecule has 0 fully saturated rings. The first-order chi connectivity index (χ1) is 9.10. The molecule has 2 rings (SSSR count). The van der Waals surface area contributed by atoms with Gasteiger partial charge in [0.05, 0.1) is 12.2 Å². The number of rotatable bonds is 5. The summed E-state index contributed by atoms with van der Waals surface area (Å²) in [4.78, 5) is 4.32. The highest BCUT2D eigenvalue weighted by molar-refractivity contribution is 5.20. The van der Waals surface area contributed by atoms with E-state index in [-0.39, 0.29) is 11.9 Å². The van der Waals surface area contributed by atoms with E-state index in [0.29, 0.717) is 12.4 Å². The van der Waals surface area contributed by atoms with Crippen LogP contribution >= 0.6 is 0 Å². The molecule has 0 aliphatic rings. The van der Waals surface area contributed by atoms with E-state index >= 15 is 0 Å². The van der Waals surface area contributed by atoms with Crippen LogP contribution in [0, 0.1) is 19.7 Å². The van der Waals surface area contributed by atoms with Crippen molar-refractivity contribution in [1.29, 1.82) is 0 Å². The van der Waals surface area contributed by atoms with Crippen molar-refractivity contribution < 1.29 is 8.81 Å². The SMILES string of the molecule is CCC(NCc1nc(C)c(C)o1)c1cccc(F)c1. The number of aromatic nitrogens is 1. The topological polar surface area (TPSA) is 38.1 Å². The van der Waals surface area contributed by atoms with Gasteiger partial charge in [-0.25, -0.2) is 9.37 Å². The first-order valence-corrected chi connectivity index (χ1v) is 6.52. The lowest BCUT2D eigenvalue weighted by molar-refractivity contribution is 0.419. The summed E-state index contributed by atoms with van der Waals surface area (Å²) in [6, 6.07) is 6.78. The number of hydrogen-bond donors (Lipinski definition) is 1. The van der Waals surface area contributed by atoms with Crippen LogP contribution in [0.15, 0.2) is 28.7 Å². The third-order valence-electron chi connectivity index (χ3n) is 3.23. The van der Waals surface area contributed by atoms with Crippen molar-refractivity contribution >= 4 is 0 Å². The predicted molar refractivity (Wildman–Crippen MR) is 72.2 cm³/mol. The molecule has 0 aliphatic carbocycles. The van der Waals surface area contributed by atoms with E-state index in [1.165, 1.54) is 6.07 Å². The van der Waals surface area contributed by atoms with Crippen molar-refractivity contribution in [2.75, 3.05) is 0 Å². The fourth-order valence-corrected chi connectivity index (χ4v) is 2.05. The molecule has 1 unspecified atom stereocenters. The van der Waals surface area contributed by atoms with E-state index in [1.807, 2.05) is 19.9 Å². The molecule has 1 atom stereocenters. The lowest BCUT2D eigenvalue weighted by Crippen LogP contribution is -2.20. The monoisotopic (exact) mass is 262 g/mol. The molecule has 2 aromatic rings. The van der Waals surface area contributed by atoms with Gasteiger partial charge in [0.1, 0.15) is 11.6 Å². The summed E-state index contributed by atoms with van der Waals surface area (Å²) >= 11 is 0. The van der Waals surface area contributed by atoms with Crippen LogP contribution in [0.3, 0.4) is 0 Å². The Bertz CT molecular complexity index is 531. The molecular formula is C15H19FN2O. The minimum Gasteiger partial charge on any atom is -0.444 e. The number of nitrogens with one attached hydrogen (secondary N) is 1. The van der Waals surface area contributed by atoms with Gasteiger partial charge in [0.2, 0.25) is 5.89 Å². The van der Waals surface area contributed by atoms with Crippen molar-refractivity contribution in [3.63, 3.8) is 0 Å². The fourth-order valence-electron chi connectivity index (χ4n) is 2.05. The molecule has 1 N–H and O–H groups in total. The number of hydrogen-bond acceptors (Lipinski definition) is 3. The Hall–Kier alpha value is -1.68. The van der Waals surface area contributed by atoms with Crippen molar-refractivity contribution in [1.82, 2.24) is 10.3 Å². The highest BCUT2D eigenvalue weighted by atomic mass is 19.1. The molecule has 1 aromatic heterocycles. The van der Waals surface area contributed by atoms with Gasteiger partial charge in [-0.2, -0.15) is 0 Å². The highest BCUT2D eigenvalue weighted by Gasteiger charge is 2.12. The Labute approximate surface area is 112 Å². The molecule has 4 heteroatoms. The average Bonchev–Trinajstić information content (AvgIpc) is 2.70. The maximum atomic E-state index is 13.2. The molecular weight excluding hydrogens is 243 g/mol. The van der Waals surface area contributed by atoms with Crippen LogP contribution in [-0.4, -0.2) is 4.98 Å². The molecule has 0 saturated carbocycles. The second-order valence-corrected chi connectivity index (χ2v) is 4.65. The Kier molecular flexibility index (Phi) is 4.32. The number of benzene rings is 1. The van der Waals surface area contributed by atoms with Gasteiger partial charge in [-0.15, -0.1) is 0 Å². The van der Waals surface area contributed by atoms with Crippen LogP contribution in [0.4, 0.5) is 4.39 Å². The standard InChI is InChI=1S/C15H19FN2O/c1-4-14(12-6-5-7-13(16)8-12)17-9-15-18-10(2)11(3)19-15/h5-8,14,17H,4,9H2,1-3H3. The van der Waals surface area contributed by atoms with Crippen molar-refractivity contribution in [2.24, 2.45) is 0 Å². The quantitative estimate of drug-likeness (QED) is 0.893. The maximum absolute atomic E-state index is 13.2. The summed E-state index contributed by atoms with van der Waals surface area (Å²) < 4.78 is 18.7. The summed E-state index contributed by atoms with van der Waals surface area (Å²) in [5, 5.41) is 3.35. The van der Waals surface area contributed by atoms with E-state index in [1.54, 1.807) is 12.1 Å². The second kappa shape index (κ2) is 5.97. The smallest absolute Gasteiger partial charge is 0.208 e. The molecule has 0 bridgehead atoms. The van der Waals surface area contributed by atoms with E-state index in [0.717, 1.165) is 23.4 Å². The molecule has 0 radical (unpaired) electrons. The van der Waals surface area contributed by atoms with Crippen molar-refractivity contribution in [3.8, 4) is 0 Å². The molecule has 1 aromatic carbocycles. The minimum absolute atomic E-state index is 0.100. The third kappa shape index (κ3) is 3.41. The second-order valence-electron chi connectivity index (χ2n) is 4.65. The van der Waals surface area contributed by atoms with Crippen LogP contribution in [0.5, 0.6) is 0 Å². The van der Waals surface area contributed by atoms with Gasteiger partial charge < -0.3 is 9.73 Å². The number of nitrogens with zero attached hydrogens (tertiary/aromatic N) is 1. The van der Waals surface area contributed by atoms with Crippen LogP contribution in [0.25, 0.3) is 0 Å².